The first kappa shape index (κ1) is 15.0. The van der Waals surface area contributed by atoms with Crippen molar-refractivity contribution in [2.75, 3.05) is 0 Å². The summed E-state index contributed by atoms with van der Waals surface area (Å²) in [5.74, 6) is -0.629. The van der Waals surface area contributed by atoms with Crippen molar-refractivity contribution in [3.63, 3.8) is 0 Å². The Morgan fingerprint density at radius 1 is 1.50 bits per heavy atom. The van der Waals surface area contributed by atoms with Gasteiger partial charge in [-0.05, 0) is 42.9 Å². The summed E-state index contributed by atoms with van der Waals surface area (Å²) in [5, 5.41) is 3.25. The first-order valence-corrected chi connectivity index (χ1v) is 7.18. The van der Waals surface area contributed by atoms with E-state index in [1.807, 2.05) is 0 Å². The van der Waals surface area contributed by atoms with Crippen LogP contribution in [-0.2, 0) is 4.79 Å². The highest BCUT2D eigenvalue weighted by atomic mass is 35.5. The molecule has 2 rings (SSSR count). The van der Waals surface area contributed by atoms with E-state index in [1.165, 1.54) is 24.3 Å². The van der Waals surface area contributed by atoms with Crippen LogP contribution in [0.4, 0.5) is 4.39 Å². The fourth-order valence-electron chi connectivity index (χ4n) is 2.64. The minimum absolute atomic E-state index is 0.202. The van der Waals surface area contributed by atoms with Gasteiger partial charge in [-0.3, -0.25) is 4.79 Å². The van der Waals surface area contributed by atoms with Crippen LogP contribution in [0.5, 0.6) is 0 Å². The minimum Gasteiger partial charge on any atom is -0.350 e. The van der Waals surface area contributed by atoms with Gasteiger partial charge in [-0.25, -0.2) is 4.39 Å². The molecule has 1 aliphatic rings. The number of rotatable bonds is 3. The molecule has 1 fully saturated rings. The highest BCUT2D eigenvalue weighted by Crippen LogP contribution is 2.36. The van der Waals surface area contributed by atoms with Gasteiger partial charge in [0.1, 0.15) is 5.82 Å². The summed E-state index contributed by atoms with van der Waals surface area (Å²) in [6.45, 7) is 4.40. The molecular weight excluding hydrogens is 277 g/mol. The van der Waals surface area contributed by atoms with Crippen molar-refractivity contribution in [2.45, 2.75) is 39.2 Å². The second-order valence-electron chi connectivity index (χ2n) is 6.08. The van der Waals surface area contributed by atoms with E-state index in [4.69, 9.17) is 11.6 Å². The molecule has 1 N–H and O–H groups in total. The van der Waals surface area contributed by atoms with Crippen LogP contribution in [0, 0.1) is 11.2 Å². The maximum Gasteiger partial charge on any atom is 0.244 e. The highest BCUT2D eigenvalue weighted by Gasteiger charge is 2.31. The SMILES string of the molecule is CC1(C)CCC(NC(=O)/C=C/c2c(F)cccc2Cl)C1. The predicted molar refractivity (Wildman–Crippen MR) is 80.0 cm³/mol. The lowest BCUT2D eigenvalue weighted by atomic mass is 9.92. The van der Waals surface area contributed by atoms with Gasteiger partial charge >= 0.3 is 0 Å². The van der Waals surface area contributed by atoms with Crippen molar-refractivity contribution in [3.05, 3.63) is 40.7 Å². The van der Waals surface area contributed by atoms with Crippen molar-refractivity contribution in [3.8, 4) is 0 Å². The molecule has 1 amide bonds. The quantitative estimate of drug-likeness (QED) is 0.833. The highest BCUT2D eigenvalue weighted by molar-refractivity contribution is 6.32. The molecular formula is C16H19ClFNO. The van der Waals surface area contributed by atoms with Crippen LogP contribution in [-0.4, -0.2) is 11.9 Å². The van der Waals surface area contributed by atoms with E-state index < -0.39 is 5.82 Å². The van der Waals surface area contributed by atoms with Gasteiger partial charge in [0.2, 0.25) is 5.91 Å². The first-order chi connectivity index (χ1) is 9.37. The topological polar surface area (TPSA) is 29.1 Å². The molecule has 0 saturated heterocycles. The minimum atomic E-state index is -0.427. The number of benzene rings is 1. The fraction of sp³-hybridized carbons (Fsp3) is 0.438. The number of hydrogen-bond donors (Lipinski definition) is 1. The average molecular weight is 296 g/mol. The molecule has 1 saturated carbocycles. The Kier molecular flexibility index (Phi) is 4.48. The molecule has 1 aromatic rings. The summed E-state index contributed by atoms with van der Waals surface area (Å²) in [6.07, 6.45) is 5.85. The van der Waals surface area contributed by atoms with Gasteiger partial charge in [-0.2, -0.15) is 0 Å². The van der Waals surface area contributed by atoms with Gasteiger partial charge in [0, 0.05) is 17.7 Å². The second kappa shape index (κ2) is 5.96. The Balaban J connectivity index is 1.97. The molecule has 2 nitrogen and oxygen atoms in total. The van der Waals surface area contributed by atoms with Gasteiger partial charge in [-0.15, -0.1) is 0 Å². The number of carbonyl (C=O) groups is 1. The molecule has 4 heteroatoms. The van der Waals surface area contributed by atoms with E-state index >= 15 is 0 Å². The van der Waals surface area contributed by atoms with Gasteiger partial charge < -0.3 is 5.32 Å². The van der Waals surface area contributed by atoms with Crippen molar-refractivity contribution in [1.29, 1.82) is 0 Å². The molecule has 1 aliphatic carbocycles. The largest absolute Gasteiger partial charge is 0.350 e. The molecule has 0 heterocycles. The smallest absolute Gasteiger partial charge is 0.244 e. The zero-order valence-electron chi connectivity index (χ0n) is 11.7. The summed E-state index contributed by atoms with van der Waals surface area (Å²) in [5.41, 5.74) is 0.535. The lowest BCUT2D eigenvalue weighted by molar-refractivity contribution is -0.117. The van der Waals surface area contributed by atoms with Gasteiger partial charge in [0.05, 0.1) is 5.02 Å². The van der Waals surface area contributed by atoms with Gasteiger partial charge in [-0.1, -0.05) is 31.5 Å². The van der Waals surface area contributed by atoms with E-state index in [9.17, 15) is 9.18 Å². The molecule has 20 heavy (non-hydrogen) atoms. The Hall–Kier alpha value is -1.35. The summed E-state index contributed by atoms with van der Waals surface area (Å²) in [7, 11) is 0. The van der Waals surface area contributed by atoms with Crippen LogP contribution < -0.4 is 5.32 Å². The third kappa shape index (κ3) is 3.83. The van der Waals surface area contributed by atoms with E-state index in [0.29, 0.717) is 5.02 Å². The van der Waals surface area contributed by atoms with E-state index in [0.717, 1.165) is 19.3 Å². The summed E-state index contributed by atoms with van der Waals surface area (Å²) in [6, 6.07) is 4.67. The standard InChI is InChI=1S/C16H19ClFNO/c1-16(2)9-8-11(10-16)19-15(20)7-6-12-13(17)4-3-5-14(12)18/h3-7,11H,8-10H2,1-2H3,(H,19,20)/b7-6+. The number of amides is 1. The van der Waals surface area contributed by atoms with Crippen LogP contribution in [0.2, 0.25) is 5.02 Å². The Bertz CT molecular complexity index is 519. The molecule has 0 bridgehead atoms. The molecule has 0 radical (unpaired) electrons. The Morgan fingerprint density at radius 2 is 2.25 bits per heavy atom. The zero-order chi connectivity index (χ0) is 14.8. The summed E-state index contributed by atoms with van der Waals surface area (Å²) >= 11 is 5.90. The Morgan fingerprint density at radius 3 is 2.85 bits per heavy atom. The third-order valence-corrected chi connectivity index (χ3v) is 4.05. The van der Waals surface area contributed by atoms with Crippen molar-refractivity contribution in [2.24, 2.45) is 5.41 Å². The maximum atomic E-state index is 13.5. The molecule has 1 unspecified atom stereocenters. The zero-order valence-corrected chi connectivity index (χ0v) is 12.5. The van der Waals surface area contributed by atoms with Crippen LogP contribution in [0.15, 0.2) is 24.3 Å². The maximum absolute atomic E-state index is 13.5. The van der Waals surface area contributed by atoms with Gasteiger partial charge in [0.25, 0.3) is 0 Å². The van der Waals surface area contributed by atoms with Crippen LogP contribution in [0.25, 0.3) is 6.08 Å². The Labute approximate surface area is 124 Å². The van der Waals surface area contributed by atoms with Gasteiger partial charge in [0.15, 0.2) is 0 Å². The third-order valence-electron chi connectivity index (χ3n) is 3.72. The van der Waals surface area contributed by atoms with Crippen molar-refractivity contribution >= 4 is 23.6 Å². The van der Waals surface area contributed by atoms with Crippen LogP contribution in [0.1, 0.15) is 38.7 Å². The first-order valence-electron chi connectivity index (χ1n) is 6.80. The molecule has 108 valence electrons. The van der Waals surface area contributed by atoms with Crippen molar-refractivity contribution < 1.29 is 9.18 Å². The fourth-order valence-corrected chi connectivity index (χ4v) is 2.86. The summed E-state index contributed by atoms with van der Waals surface area (Å²) < 4.78 is 13.5. The lowest BCUT2D eigenvalue weighted by Crippen LogP contribution is -2.32. The molecule has 0 aliphatic heterocycles. The van der Waals surface area contributed by atoms with E-state index in [-0.39, 0.29) is 22.9 Å². The monoisotopic (exact) mass is 295 g/mol. The number of hydrogen-bond acceptors (Lipinski definition) is 1. The van der Waals surface area contributed by atoms with E-state index in [1.54, 1.807) is 6.07 Å². The van der Waals surface area contributed by atoms with E-state index in [2.05, 4.69) is 19.2 Å². The van der Waals surface area contributed by atoms with Crippen LogP contribution in [0.3, 0.4) is 0 Å². The second-order valence-corrected chi connectivity index (χ2v) is 6.49. The summed E-state index contributed by atoms with van der Waals surface area (Å²) in [4.78, 5) is 11.8. The van der Waals surface area contributed by atoms with Crippen LogP contribution >= 0.6 is 11.6 Å². The molecule has 0 aromatic heterocycles. The molecule has 0 spiro atoms. The lowest BCUT2D eigenvalue weighted by Gasteiger charge is -2.17. The molecule has 1 atom stereocenters. The normalized spacial score (nSPS) is 21.3. The molecule has 1 aromatic carbocycles. The number of nitrogens with one attached hydrogen (secondary N) is 1. The number of halogens is 2. The predicted octanol–water partition coefficient (Wildman–Crippen LogP) is 4.19. The van der Waals surface area contributed by atoms with Crippen molar-refractivity contribution in [1.82, 2.24) is 5.32 Å². The number of carbonyl (C=O) groups excluding carboxylic acids is 1. The average Bonchev–Trinajstić information content (AvgIpc) is 2.68.